The van der Waals surface area contributed by atoms with Crippen molar-refractivity contribution < 1.29 is 9.90 Å². The third-order valence-corrected chi connectivity index (χ3v) is 4.31. The maximum absolute atomic E-state index is 11.1. The number of aryl methyl sites for hydroxylation is 1. The topological polar surface area (TPSA) is 66.3 Å². The Morgan fingerprint density at radius 1 is 1.32 bits per heavy atom. The van der Waals surface area contributed by atoms with Gasteiger partial charge in [-0.3, -0.25) is 0 Å². The predicted molar refractivity (Wildman–Crippen MR) is 71.4 cm³/mol. The van der Waals surface area contributed by atoms with Crippen molar-refractivity contribution in [2.24, 2.45) is 5.92 Å². The van der Waals surface area contributed by atoms with Crippen LogP contribution in [0.3, 0.4) is 0 Å². The Labute approximate surface area is 112 Å². The molecule has 0 spiro atoms. The summed E-state index contributed by atoms with van der Waals surface area (Å²) < 4.78 is 0. The molecule has 1 N–H and O–H groups in total. The number of rotatable bonds is 2. The van der Waals surface area contributed by atoms with Gasteiger partial charge in [0.05, 0.1) is 0 Å². The van der Waals surface area contributed by atoms with Crippen molar-refractivity contribution in [2.75, 3.05) is 11.4 Å². The summed E-state index contributed by atoms with van der Waals surface area (Å²) in [6.45, 7) is 2.78. The molecule has 2 fully saturated rings. The van der Waals surface area contributed by atoms with Gasteiger partial charge in [0.1, 0.15) is 0 Å². The Balaban J connectivity index is 1.94. The average molecular weight is 261 g/mol. The maximum Gasteiger partial charge on any atom is 0.354 e. The number of piperidine rings is 1. The fourth-order valence-electron chi connectivity index (χ4n) is 3.49. The molecule has 1 aliphatic heterocycles. The molecule has 1 aromatic heterocycles. The highest BCUT2D eigenvalue weighted by molar-refractivity contribution is 5.85. The zero-order chi connectivity index (χ0) is 13.4. The first-order valence-electron chi connectivity index (χ1n) is 7.01. The third kappa shape index (κ3) is 2.29. The first-order valence-corrected chi connectivity index (χ1v) is 7.01. The van der Waals surface area contributed by atoms with E-state index in [9.17, 15) is 4.79 Å². The molecule has 1 aromatic rings. The van der Waals surface area contributed by atoms with Crippen molar-refractivity contribution in [1.29, 1.82) is 0 Å². The number of carbonyl (C=O) groups is 1. The van der Waals surface area contributed by atoms with Gasteiger partial charge in [-0.2, -0.15) is 0 Å². The minimum atomic E-state index is -0.980. The van der Waals surface area contributed by atoms with E-state index in [2.05, 4.69) is 14.9 Å². The van der Waals surface area contributed by atoms with Crippen LogP contribution >= 0.6 is 0 Å². The van der Waals surface area contributed by atoms with E-state index in [0.29, 0.717) is 12.0 Å². The minimum Gasteiger partial charge on any atom is -0.477 e. The molecule has 3 rings (SSSR count). The normalized spacial score (nSPS) is 26.3. The molecule has 0 bridgehead atoms. The van der Waals surface area contributed by atoms with E-state index in [4.69, 9.17) is 5.11 Å². The number of anilines is 1. The van der Waals surface area contributed by atoms with Crippen molar-refractivity contribution in [2.45, 2.75) is 45.1 Å². The van der Waals surface area contributed by atoms with Crippen LogP contribution in [0, 0.1) is 12.8 Å². The molecule has 0 amide bonds. The Bertz CT molecular complexity index is 503. The quantitative estimate of drug-likeness (QED) is 0.884. The highest BCUT2D eigenvalue weighted by Crippen LogP contribution is 2.38. The third-order valence-electron chi connectivity index (χ3n) is 4.31. The number of aromatic nitrogens is 2. The van der Waals surface area contributed by atoms with Crippen molar-refractivity contribution in [3.05, 3.63) is 17.5 Å². The summed E-state index contributed by atoms with van der Waals surface area (Å²) in [6.07, 6.45) is 6.19. The van der Waals surface area contributed by atoms with Gasteiger partial charge in [0.2, 0.25) is 5.95 Å². The van der Waals surface area contributed by atoms with Crippen molar-refractivity contribution in [3.63, 3.8) is 0 Å². The lowest BCUT2D eigenvalue weighted by molar-refractivity contribution is 0.0690. The molecule has 2 unspecified atom stereocenters. The SMILES string of the molecule is Cc1cc(C(=O)O)nc(N2CCCC3CCCC32)n1. The number of aromatic carboxylic acids is 1. The lowest BCUT2D eigenvalue weighted by Crippen LogP contribution is -2.43. The second-order valence-corrected chi connectivity index (χ2v) is 5.59. The largest absolute Gasteiger partial charge is 0.477 e. The number of hydrogen-bond acceptors (Lipinski definition) is 4. The van der Waals surface area contributed by atoms with Crippen LogP contribution in [-0.2, 0) is 0 Å². The number of hydrogen-bond donors (Lipinski definition) is 1. The minimum absolute atomic E-state index is 0.0996. The number of fused-ring (bicyclic) bond motifs is 1. The smallest absolute Gasteiger partial charge is 0.354 e. The molecule has 2 aliphatic rings. The molecule has 1 saturated carbocycles. The van der Waals surface area contributed by atoms with Crippen molar-refractivity contribution in [3.8, 4) is 0 Å². The Hall–Kier alpha value is -1.65. The first-order chi connectivity index (χ1) is 9.15. The van der Waals surface area contributed by atoms with Crippen LogP contribution in [0.5, 0.6) is 0 Å². The van der Waals surface area contributed by atoms with Crippen LogP contribution in [0.2, 0.25) is 0 Å². The fourth-order valence-corrected chi connectivity index (χ4v) is 3.49. The van der Waals surface area contributed by atoms with E-state index in [1.54, 1.807) is 0 Å². The van der Waals surface area contributed by atoms with Gasteiger partial charge in [-0.25, -0.2) is 14.8 Å². The van der Waals surface area contributed by atoms with Crippen molar-refractivity contribution >= 4 is 11.9 Å². The maximum atomic E-state index is 11.1. The number of nitrogens with zero attached hydrogens (tertiary/aromatic N) is 3. The molecule has 1 aliphatic carbocycles. The summed E-state index contributed by atoms with van der Waals surface area (Å²) in [6, 6.07) is 2.04. The molecule has 102 valence electrons. The Morgan fingerprint density at radius 3 is 2.89 bits per heavy atom. The molecule has 5 heteroatoms. The van der Waals surface area contributed by atoms with E-state index >= 15 is 0 Å². The van der Waals surface area contributed by atoms with Gasteiger partial charge < -0.3 is 10.0 Å². The monoisotopic (exact) mass is 261 g/mol. The van der Waals surface area contributed by atoms with Gasteiger partial charge in [0, 0.05) is 18.3 Å². The highest BCUT2D eigenvalue weighted by atomic mass is 16.4. The number of carboxylic acid groups (broad SMARTS) is 1. The second kappa shape index (κ2) is 4.79. The predicted octanol–water partition coefficient (Wildman–Crippen LogP) is 2.25. The molecule has 1 saturated heterocycles. The van der Waals surface area contributed by atoms with E-state index in [-0.39, 0.29) is 5.69 Å². The fraction of sp³-hybridized carbons (Fsp3) is 0.643. The summed E-state index contributed by atoms with van der Waals surface area (Å²) in [7, 11) is 0. The molecular formula is C14H19N3O2. The van der Waals surface area contributed by atoms with Crippen LogP contribution in [-0.4, -0.2) is 33.6 Å². The zero-order valence-electron chi connectivity index (χ0n) is 11.2. The van der Waals surface area contributed by atoms with Crippen LogP contribution in [0.15, 0.2) is 6.07 Å². The second-order valence-electron chi connectivity index (χ2n) is 5.59. The van der Waals surface area contributed by atoms with Gasteiger partial charge >= 0.3 is 5.97 Å². The summed E-state index contributed by atoms with van der Waals surface area (Å²) in [5.41, 5.74) is 0.824. The van der Waals surface area contributed by atoms with Gasteiger partial charge in [0.15, 0.2) is 5.69 Å². The molecular weight excluding hydrogens is 242 g/mol. The molecule has 5 nitrogen and oxygen atoms in total. The van der Waals surface area contributed by atoms with Gasteiger partial charge in [-0.05, 0) is 44.6 Å². The van der Waals surface area contributed by atoms with Crippen molar-refractivity contribution in [1.82, 2.24) is 9.97 Å². The van der Waals surface area contributed by atoms with Crippen LogP contribution < -0.4 is 4.90 Å². The van der Waals surface area contributed by atoms with Gasteiger partial charge in [0.25, 0.3) is 0 Å². The van der Waals surface area contributed by atoms with E-state index in [1.165, 1.54) is 31.7 Å². The summed E-state index contributed by atoms with van der Waals surface area (Å²) in [4.78, 5) is 22.0. The molecule has 19 heavy (non-hydrogen) atoms. The lowest BCUT2D eigenvalue weighted by atomic mass is 9.92. The first kappa shape index (κ1) is 12.4. The van der Waals surface area contributed by atoms with Crippen LogP contribution in [0.4, 0.5) is 5.95 Å². The van der Waals surface area contributed by atoms with Crippen LogP contribution in [0.25, 0.3) is 0 Å². The molecule has 0 radical (unpaired) electrons. The Kier molecular flexibility index (Phi) is 3.12. The van der Waals surface area contributed by atoms with E-state index < -0.39 is 5.97 Å². The van der Waals surface area contributed by atoms with E-state index in [1.807, 2.05) is 6.92 Å². The number of carboxylic acids is 1. The standard InChI is InChI=1S/C14H19N3O2/c1-9-8-11(13(18)19)16-14(15-9)17-7-3-5-10-4-2-6-12(10)17/h8,10,12H,2-7H2,1H3,(H,18,19). The molecule has 0 aromatic carbocycles. The summed E-state index contributed by atoms with van der Waals surface area (Å²) in [5, 5.41) is 9.11. The summed E-state index contributed by atoms with van der Waals surface area (Å²) >= 11 is 0. The Morgan fingerprint density at radius 2 is 2.11 bits per heavy atom. The van der Waals surface area contributed by atoms with E-state index in [0.717, 1.165) is 24.6 Å². The average Bonchev–Trinajstić information content (AvgIpc) is 2.85. The highest BCUT2D eigenvalue weighted by Gasteiger charge is 2.36. The summed E-state index contributed by atoms with van der Waals surface area (Å²) in [5.74, 6) is 0.367. The van der Waals surface area contributed by atoms with Gasteiger partial charge in [-0.15, -0.1) is 0 Å². The van der Waals surface area contributed by atoms with Crippen LogP contribution in [0.1, 0.15) is 48.3 Å². The lowest BCUT2D eigenvalue weighted by Gasteiger charge is -2.37. The molecule has 2 heterocycles. The van der Waals surface area contributed by atoms with Gasteiger partial charge in [-0.1, -0.05) is 6.42 Å². The zero-order valence-corrected chi connectivity index (χ0v) is 11.2. The molecule has 2 atom stereocenters.